The molecule has 1 unspecified atom stereocenters. The lowest BCUT2D eigenvalue weighted by Gasteiger charge is -2.34. The summed E-state index contributed by atoms with van der Waals surface area (Å²) in [5, 5.41) is 17.6. The Bertz CT molecular complexity index is 1580. The number of amides is 3. The first-order valence-electron chi connectivity index (χ1n) is 17.5. The molecule has 1 saturated heterocycles. The fraction of sp³-hybridized carbons (Fsp3) is 0.553. The van der Waals surface area contributed by atoms with E-state index in [0.29, 0.717) is 30.8 Å². The lowest BCUT2D eigenvalue weighted by atomic mass is 9.94. The number of aliphatic carboxylic acids is 1. The summed E-state index contributed by atoms with van der Waals surface area (Å²) in [6.45, 7) is 9.26. The standard InChI is InChI=1S/C38H51N5O7S/c1-8-27(9-2)33(42-34(45)29-17-13-14-18-39-29)37(47)43(7)31(23(3)4)21-32(50-25(6)44)36-41-30(22-51-36)35(46)40-28(19-24(5)38(48)49)20-26-15-11-10-12-16-26/h1,10-12,15-16,22-24,27-29,31-32,39H,9,13-14,17-21H2,2-7H3,(H,40,46)(H,48,49)/b42-33+/t24-,27-,28+,29?,31+,32+/m0/s1. The van der Waals surface area contributed by atoms with Gasteiger partial charge < -0.3 is 25.4 Å². The summed E-state index contributed by atoms with van der Waals surface area (Å²) in [6.07, 6.45) is 8.61. The predicted octanol–water partition coefficient (Wildman–Crippen LogP) is 4.84. The van der Waals surface area contributed by atoms with Gasteiger partial charge in [0.25, 0.3) is 17.7 Å². The van der Waals surface area contributed by atoms with Crippen LogP contribution in [0.1, 0.15) is 100 Å². The molecule has 0 saturated carbocycles. The van der Waals surface area contributed by atoms with Gasteiger partial charge in [0.1, 0.15) is 16.4 Å². The van der Waals surface area contributed by atoms with Crippen molar-refractivity contribution >= 4 is 46.7 Å². The Hall–Kier alpha value is -4.41. The number of carboxylic acid groups (broad SMARTS) is 1. The second-order valence-electron chi connectivity index (χ2n) is 13.4. The van der Waals surface area contributed by atoms with E-state index in [1.54, 1.807) is 19.4 Å². The van der Waals surface area contributed by atoms with E-state index in [9.17, 15) is 29.1 Å². The zero-order valence-corrected chi connectivity index (χ0v) is 31.2. The number of carboxylic acids is 1. The van der Waals surface area contributed by atoms with Gasteiger partial charge in [0.15, 0.2) is 6.10 Å². The second kappa shape index (κ2) is 19.8. The minimum atomic E-state index is -0.957. The molecule has 2 heterocycles. The summed E-state index contributed by atoms with van der Waals surface area (Å²) < 4.78 is 5.72. The quantitative estimate of drug-likeness (QED) is 0.118. The SMILES string of the molecule is C#C[C@@H](CC)/C(=N\C(=O)C1CCCCN1)C(=O)N(C)[C@H](C[C@@H](OC(C)=O)c1nc(C(=O)N[C@@H](Cc2ccccc2)C[C@H](C)C(=O)O)cs1)C(C)C. The number of esters is 1. The highest BCUT2D eigenvalue weighted by Crippen LogP contribution is 2.31. The number of ether oxygens (including phenoxy) is 1. The van der Waals surface area contributed by atoms with E-state index in [1.165, 1.54) is 11.8 Å². The molecule has 13 heteroatoms. The number of terminal acetylenes is 1. The van der Waals surface area contributed by atoms with Gasteiger partial charge >= 0.3 is 11.9 Å². The molecule has 2 aromatic rings. The summed E-state index contributed by atoms with van der Waals surface area (Å²) in [4.78, 5) is 74.9. The molecule has 1 aliphatic heterocycles. The van der Waals surface area contributed by atoms with Gasteiger partial charge in [-0.15, -0.1) is 17.8 Å². The number of thiazole rings is 1. The maximum Gasteiger partial charge on any atom is 0.306 e. The first-order valence-corrected chi connectivity index (χ1v) is 18.4. The van der Waals surface area contributed by atoms with Crippen molar-refractivity contribution < 1.29 is 33.8 Å². The minimum absolute atomic E-state index is 0.00467. The molecule has 51 heavy (non-hydrogen) atoms. The van der Waals surface area contributed by atoms with Gasteiger partial charge in [0.05, 0.1) is 17.9 Å². The zero-order valence-electron chi connectivity index (χ0n) is 30.4. The van der Waals surface area contributed by atoms with Crippen molar-refractivity contribution in [2.45, 2.75) is 104 Å². The Morgan fingerprint density at radius 1 is 1.16 bits per heavy atom. The molecule has 276 valence electrons. The van der Waals surface area contributed by atoms with E-state index in [4.69, 9.17) is 11.2 Å². The Morgan fingerprint density at radius 2 is 1.86 bits per heavy atom. The van der Waals surface area contributed by atoms with Crippen LogP contribution in [-0.4, -0.2) is 82.1 Å². The third kappa shape index (κ3) is 12.1. The number of hydrogen-bond acceptors (Lipinski definition) is 9. The first-order chi connectivity index (χ1) is 24.2. The molecular formula is C38H51N5O7S. The third-order valence-corrected chi connectivity index (χ3v) is 10.0. The largest absolute Gasteiger partial charge is 0.481 e. The maximum absolute atomic E-state index is 14.1. The Morgan fingerprint density at radius 3 is 2.43 bits per heavy atom. The highest BCUT2D eigenvalue weighted by molar-refractivity contribution is 7.09. The maximum atomic E-state index is 14.1. The lowest BCUT2D eigenvalue weighted by Crippen LogP contribution is -2.47. The van der Waals surface area contributed by atoms with Crippen LogP contribution >= 0.6 is 11.3 Å². The number of benzene rings is 1. The van der Waals surface area contributed by atoms with E-state index in [0.717, 1.165) is 29.7 Å². The molecule has 1 aliphatic rings. The number of aliphatic imine (C=N–C) groups is 1. The van der Waals surface area contributed by atoms with Crippen LogP contribution in [0.15, 0.2) is 40.7 Å². The molecule has 1 aromatic carbocycles. The van der Waals surface area contributed by atoms with E-state index >= 15 is 0 Å². The van der Waals surface area contributed by atoms with Gasteiger partial charge in [0, 0.05) is 37.9 Å². The van der Waals surface area contributed by atoms with Crippen molar-refractivity contribution in [2.24, 2.45) is 22.7 Å². The van der Waals surface area contributed by atoms with Crippen LogP contribution in [0.2, 0.25) is 0 Å². The Labute approximate surface area is 304 Å². The number of aromatic nitrogens is 1. The number of carbonyl (C=O) groups is 5. The predicted molar refractivity (Wildman–Crippen MR) is 196 cm³/mol. The molecule has 1 fully saturated rings. The van der Waals surface area contributed by atoms with Crippen molar-refractivity contribution in [3.8, 4) is 12.3 Å². The molecule has 3 N–H and O–H groups in total. The number of nitrogens with zero attached hydrogens (tertiary/aromatic N) is 3. The van der Waals surface area contributed by atoms with Gasteiger partial charge in [-0.3, -0.25) is 24.0 Å². The van der Waals surface area contributed by atoms with Crippen LogP contribution in [0.4, 0.5) is 0 Å². The average Bonchev–Trinajstić information content (AvgIpc) is 3.60. The number of piperidine rings is 1. The van der Waals surface area contributed by atoms with Crippen molar-refractivity contribution in [3.05, 3.63) is 52.0 Å². The lowest BCUT2D eigenvalue weighted by molar-refractivity contribution is -0.148. The Kier molecular flexibility index (Phi) is 16.0. The molecule has 3 rings (SSSR count). The van der Waals surface area contributed by atoms with Gasteiger partial charge in [-0.05, 0) is 50.1 Å². The molecular weight excluding hydrogens is 671 g/mol. The van der Waals surface area contributed by atoms with E-state index < -0.39 is 65.7 Å². The molecule has 6 atom stereocenters. The van der Waals surface area contributed by atoms with E-state index in [1.807, 2.05) is 51.1 Å². The number of rotatable bonds is 17. The van der Waals surface area contributed by atoms with Crippen LogP contribution in [0, 0.1) is 30.1 Å². The molecule has 0 aliphatic carbocycles. The molecule has 1 aromatic heterocycles. The third-order valence-electron chi connectivity index (χ3n) is 9.10. The normalized spacial score (nSPS) is 17.7. The fourth-order valence-electron chi connectivity index (χ4n) is 6.17. The first kappa shape index (κ1) is 41.0. The number of nitrogens with one attached hydrogen (secondary N) is 2. The zero-order chi connectivity index (χ0) is 37.7. The summed E-state index contributed by atoms with van der Waals surface area (Å²) in [5.41, 5.74) is 1.05. The van der Waals surface area contributed by atoms with Gasteiger partial charge in [-0.2, -0.15) is 0 Å². The molecule has 0 radical (unpaired) electrons. The van der Waals surface area contributed by atoms with Crippen molar-refractivity contribution in [1.29, 1.82) is 0 Å². The van der Waals surface area contributed by atoms with Crippen molar-refractivity contribution in [1.82, 2.24) is 20.5 Å². The fourth-order valence-corrected chi connectivity index (χ4v) is 7.01. The second-order valence-corrected chi connectivity index (χ2v) is 14.3. The van der Waals surface area contributed by atoms with E-state index in [-0.39, 0.29) is 30.2 Å². The molecule has 3 amide bonds. The van der Waals surface area contributed by atoms with Crippen LogP contribution < -0.4 is 10.6 Å². The van der Waals surface area contributed by atoms with Gasteiger partial charge in [0.2, 0.25) is 0 Å². The average molecular weight is 722 g/mol. The van der Waals surface area contributed by atoms with Crippen LogP contribution in [-0.2, 0) is 30.3 Å². The summed E-state index contributed by atoms with van der Waals surface area (Å²) in [6, 6.07) is 8.03. The van der Waals surface area contributed by atoms with Crippen LogP contribution in [0.5, 0.6) is 0 Å². The molecule has 0 spiro atoms. The highest BCUT2D eigenvalue weighted by atomic mass is 32.1. The Balaban J connectivity index is 1.86. The van der Waals surface area contributed by atoms with Crippen molar-refractivity contribution in [3.63, 3.8) is 0 Å². The minimum Gasteiger partial charge on any atom is -0.481 e. The summed E-state index contributed by atoms with van der Waals surface area (Å²) >= 11 is 1.15. The smallest absolute Gasteiger partial charge is 0.306 e. The summed E-state index contributed by atoms with van der Waals surface area (Å²) in [5.74, 6) is -1.77. The monoisotopic (exact) mass is 721 g/mol. The highest BCUT2D eigenvalue weighted by Gasteiger charge is 2.35. The van der Waals surface area contributed by atoms with Crippen LogP contribution in [0.3, 0.4) is 0 Å². The van der Waals surface area contributed by atoms with E-state index in [2.05, 4.69) is 26.5 Å². The van der Waals surface area contributed by atoms with Gasteiger partial charge in [-0.25, -0.2) is 9.98 Å². The molecule has 12 nitrogen and oxygen atoms in total. The molecule has 0 bridgehead atoms. The topological polar surface area (TPSA) is 167 Å². The van der Waals surface area contributed by atoms with Crippen LogP contribution in [0.25, 0.3) is 0 Å². The van der Waals surface area contributed by atoms with Gasteiger partial charge in [-0.1, -0.05) is 70.4 Å². The number of hydrogen-bond donors (Lipinski definition) is 3. The number of carbonyl (C=O) groups excluding carboxylic acids is 4. The van der Waals surface area contributed by atoms with Crippen molar-refractivity contribution in [2.75, 3.05) is 13.6 Å². The summed E-state index contributed by atoms with van der Waals surface area (Å²) in [7, 11) is 1.62.